The second-order valence-electron chi connectivity index (χ2n) is 7.07. The highest BCUT2D eigenvalue weighted by molar-refractivity contribution is 5.57. The number of phenolic OH excluding ortho intramolecular Hbond substituents is 1. The number of nitrogens with zero attached hydrogens (tertiary/aromatic N) is 1. The van der Waals surface area contributed by atoms with E-state index in [1.54, 1.807) is 6.07 Å². The molecule has 4 rings (SSSR count). The van der Waals surface area contributed by atoms with Crippen LogP contribution in [0.5, 0.6) is 23.0 Å². The van der Waals surface area contributed by atoms with Crippen LogP contribution in [-0.4, -0.2) is 29.5 Å². The Morgan fingerprint density at radius 1 is 0.933 bits per heavy atom. The quantitative estimate of drug-likeness (QED) is 0.599. The summed E-state index contributed by atoms with van der Waals surface area (Å²) < 4.78 is 19.5. The van der Waals surface area contributed by atoms with Crippen molar-refractivity contribution in [3.8, 4) is 28.7 Å². The van der Waals surface area contributed by atoms with E-state index in [0.717, 1.165) is 34.0 Å². The minimum absolute atomic E-state index is 0.0571. The normalized spacial score (nSPS) is 15.1. The van der Waals surface area contributed by atoms with Gasteiger partial charge in [0.05, 0.1) is 31.5 Å². The fraction of sp³-hybridized carbons (Fsp3) is 0.333. The van der Waals surface area contributed by atoms with Gasteiger partial charge < -0.3 is 29.2 Å². The number of aromatic hydroxyl groups is 1. The Kier molecular flexibility index (Phi) is 5.86. The summed E-state index contributed by atoms with van der Waals surface area (Å²) in [5.41, 5.74) is 4.33. The molecule has 0 fully saturated rings. The first kappa shape index (κ1) is 20.2. The number of benzene rings is 2. The van der Waals surface area contributed by atoms with Gasteiger partial charge in [-0.05, 0) is 62.2 Å². The lowest BCUT2D eigenvalue weighted by Gasteiger charge is -2.19. The van der Waals surface area contributed by atoms with E-state index in [1.165, 1.54) is 0 Å². The largest absolute Gasteiger partial charge is 0.504 e. The summed E-state index contributed by atoms with van der Waals surface area (Å²) in [5, 5.41) is 13.8. The number of hydrogen-bond acceptors (Lipinski definition) is 5. The van der Waals surface area contributed by atoms with Crippen LogP contribution in [0.3, 0.4) is 0 Å². The van der Waals surface area contributed by atoms with Gasteiger partial charge in [0.15, 0.2) is 23.0 Å². The molecule has 3 aromatic rings. The molecule has 0 saturated heterocycles. The van der Waals surface area contributed by atoms with Crippen molar-refractivity contribution in [3.63, 3.8) is 0 Å². The van der Waals surface area contributed by atoms with Crippen molar-refractivity contribution in [2.45, 2.75) is 33.4 Å². The van der Waals surface area contributed by atoms with E-state index in [-0.39, 0.29) is 11.8 Å². The van der Waals surface area contributed by atoms with Crippen LogP contribution >= 0.6 is 0 Å². The van der Waals surface area contributed by atoms with Crippen molar-refractivity contribution in [1.29, 1.82) is 0 Å². The maximum atomic E-state index is 10.1. The number of ether oxygens (including phenoxy) is 3. The van der Waals surface area contributed by atoms with Crippen molar-refractivity contribution in [2.24, 2.45) is 0 Å². The van der Waals surface area contributed by atoms with Crippen LogP contribution in [0.25, 0.3) is 5.69 Å². The first-order valence-corrected chi connectivity index (χ1v) is 10.4. The van der Waals surface area contributed by atoms with E-state index < -0.39 is 0 Å². The zero-order chi connectivity index (χ0) is 21.1. The van der Waals surface area contributed by atoms with E-state index in [1.807, 2.05) is 39.0 Å². The Morgan fingerprint density at radius 3 is 2.37 bits per heavy atom. The van der Waals surface area contributed by atoms with Crippen molar-refractivity contribution >= 4 is 0 Å². The van der Waals surface area contributed by atoms with Crippen molar-refractivity contribution in [3.05, 3.63) is 65.5 Å². The highest BCUT2D eigenvalue weighted by Gasteiger charge is 2.25. The summed E-state index contributed by atoms with van der Waals surface area (Å²) in [4.78, 5) is 0. The number of nitrogens with one attached hydrogen (secondary N) is 1. The molecule has 158 valence electrons. The average Bonchev–Trinajstić information content (AvgIpc) is 3.16. The number of aromatic nitrogens is 1. The molecular weight excluding hydrogens is 380 g/mol. The predicted molar refractivity (Wildman–Crippen MR) is 116 cm³/mol. The lowest BCUT2D eigenvalue weighted by atomic mass is 10.0. The topological polar surface area (TPSA) is 64.9 Å². The first-order valence-electron chi connectivity index (χ1n) is 10.4. The molecule has 1 aromatic heterocycles. The second-order valence-corrected chi connectivity index (χ2v) is 7.07. The molecule has 0 aliphatic carbocycles. The Hall–Kier alpha value is -3.12. The molecule has 30 heavy (non-hydrogen) atoms. The Labute approximate surface area is 177 Å². The van der Waals surface area contributed by atoms with Crippen LogP contribution in [0, 0.1) is 0 Å². The van der Waals surface area contributed by atoms with Crippen LogP contribution < -0.4 is 19.5 Å². The number of fused-ring (bicyclic) bond motifs is 3. The molecule has 1 aliphatic heterocycles. The zero-order valence-corrected chi connectivity index (χ0v) is 17.6. The van der Waals surface area contributed by atoms with Crippen molar-refractivity contribution in [2.75, 3.05) is 19.8 Å². The molecule has 0 saturated carbocycles. The van der Waals surface area contributed by atoms with Gasteiger partial charge in [0.2, 0.25) is 0 Å². The number of rotatable bonds is 7. The van der Waals surface area contributed by atoms with Gasteiger partial charge in [-0.25, -0.2) is 0 Å². The fourth-order valence-corrected chi connectivity index (χ4v) is 3.93. The number of hydrogen-bond donors (Lipinski definition) is 2. The van der Waals surface area contributed by atoms with E-state index in [4.69, 9.17) is 14.2 Å². The lowest BCUT2D eigenvalue weighted by molar-refractivity contribution is 0.287. The molecule has 0 radical (unpaired) electrons. The molecule has 1 aliphatic rings. The molecule has 0 spiro atoms. The SMILES string of the molecule is CCOc1cc(C2NCc3cc(OCC)c(OCC)cc3-n3cccc32)ccc1O. The molecule has 2 aromatic carbocycles. The van der Waals surface area contributed by atoms with Gasteiger partial charge in [-0.3, -0.25) is 0 Å². The summed E-state index contributed by atoms with van der Waals surface area (Å²) in [6.45, 7) is 8.17. The van der Waals surface area contributed by atoms with Gasteiger partial charge in [-0.15, -0.1) is 0 Å². The molecule has 6 nitrogen and oxygen atoms in total. The Bertz CT molecular complexity index is 1030. The van der Waals surface area contributed by atoms with Crippen LogP contribution in [0.15, 0.2) is 48.7 Å². The smallest absolute Gasteiger partial charge is 0.163 e. The highest BCUT2D eigenvalue weighted by atomic mass is 16.5. The van der Waals surface area contributed by atoms with Gasteiger partial charge in [0, 0.05) is 24.5 Å². The van der Waals surface area contributed by atoms with E-state index in [2.05, 4.69) is 34.3 Å². The lowest BCUT2D eigenvalue weighted by Crippen LogP contribution is -2.21. The molecule has 0 amide bonds. The van der Waals surface area contributed by atoms with Crippen LogP contribution in [0.4, 0.5) is 0 Å². The highest BCUT2D eigenvalue weighted by Crippen LogP contribution is 2.38. The van der Waals surface area contributed by atoms with E-state index in [0.29, 0.717) is 32.1 Å². The summed E-state index contributed by atoms with van der Waals surface area (Å²) in [6.07, 6.45) is 2.06. The number of phenols is 1. The monoisotopic (exact) mass is 408 g/mol. The minimum atomic E-state index is -0.0571. The average molecular weight is 408 g/mol. The van der Waals surface area contributed by atoms with Gasteiger partial charge in [-0.1, -0.05) is 6.07 Å². The van der Waals surface area contributed by atoms with Gasteiger partial charge in [0.1, 0.15) is 0 Å². The minimum Gasteiger partial charge on any atom is -0.504 e. The maximum Gasteiger partial charge on any atom is 0.163 e. The van der Waals surface area contributed by atoms with Crippen LogP contribution in [-0.2, 0) is 6.54 Å². The molecule has 6 heteroatoms. The maximum absolute atomic E-state index is 10.1. The summed E-state index contributed by atoms with van der Waals surface area (Å²) in [5.74, 6) is 2.15. The van der Waals surface area contributed by atoms with E-state index >= 15 is 0 Å². The third-order valence-corrected chi connectivity index (χ3v) is 5.19. The van der Waals surface area contributed by atoms with Gasteiger partial charge >= 0.3 is 0 Å². The third kappa shape index (κ3) is 3.71. The third-order valence-electron chi connectivity index (χ3n) is 5.19. The zero-order valence-electron chi connectivity index (χ0n) is 17.6. The fourth-order valence-electron chi connectivity index (χ4n) is 3.93. The summed E-state index contributed by atoms with van der Waals surface area (Å²) in [6, 6.07) is 13.7. The summed E-state index contributed by atoms with van der Waals surface area (Å²) in [7, 11) is 0. The molecule has 2 heterocycles. The Morgan fingerprint density at radius 2 is 1.63 bits per heavy atom. The molecule has 0 bridgehead atoms. The van der Waals surface area contributed by atoms with Gasteiger partial charge in [-0.2, -0.15) is 0 Å². The van der Waals surface area contributed by atoms with Crippen molar-refractivity contribution < 1.29 is 19.3 Å². The summed E-state index contributed by atoms with van der Waals surface area (Å²) >= 11 is 0. The van der Waals surface area contributed by atoms with Gasteiger partial charge in [0.25, 0.3) is 0 Å². The first-order chi connectivity index (χ1) is 14.7. The van der Waals surface area contributed by atoms with E-state index in [9.17, 15) is 5.11 Å². The molecule has 1 atom stereocenters. The predicted octanol–water partition coefficient (Wildman–Crippen LogP) is 4.57. The standard InChI is InChI=1S/C24H28N2O4/c1-4-28-21-12-16(9-10-20(21)27)24-18-8-7-11-26(18)19-14-23(30-6-3)22(29-5-2)13-17(19)15-25-24/h7-14,24-25,27H,4-6,15H2,1-3H3. The molecular formula is C24H28N2O4. The second kappa shape index (κ2) is 8.71. The molecule has 2 N–H and O–H groups in total. The van der Waals surface area contributed by atoms with Crippen LogP contribution in [0.2, 0.25) is 0 Å². The molecule has 1 unspecified atom stereocenters. The van der Waals surface area contributed by atoms with Crippen molar-refractivity contribution in [1.82, 2.24) is 9.88 Å². The Balaban J connectivity index is 1.79. The van der Waals surface area contributed by atoms with Crippen LogP contribution in [0.1, 0.15) is 43.6 Å².